The van der Waals surface area contributed by atoms with Crippen LogP contribution in [0.4, 0.5) is 5.95 Å². The molecule has 1 atom stereocenters. The summed E-state index contributed by atoms with van der Waals surface area (Å²) in [5.74, 6) is 0.805. The lowest BCUT2D eigenvalue weighted by molar-refractivity contribution is 0.122. The number of aliphatic hydroxyl groups is 1. The van der Waals surface area contributed by atoms with Crippen molar-refractivity contribution >= 4 is 5.95 Å². The lowest BCUT2D eigenvalue weighted by atomic mass is 10.3. The predicted octanol–water partition coefficient (Wildman–Crippen LogP) is -0.0206. The third kappa shape index (κ3) is 2.90. The lowest BCUT2D eigenvalue weighted by Crippen LogP contribution is -2.48. The number of nitrogens with zero attached hydrogens (tertiary/aromatic N) is 4. The number of hydrogen-bond donors (Lipinski definition) is 1. The Labute approximate surface area is 95.7 Å². The van der Waals surface area contributed by atoms with Gasteiger partial charge in [-0.2, -0.15) is 0 Å². The fourth-order valence-electron chi connectivity index (χ4n) is 1.96. The monoisotopic (exact) mass is 222 g/mol. The van der Waals surface area contributed by atoms with Crippen LogP contribution in [-0.2, 0) is 0 Å². The molecule has 0 unspecified atom stereocenters. The minimum absolute atomic E-state index is 0.250. The molecule has 0 aliphatic carbocycles. The minimum atomic E-state index is -0.250. The number of rotatable bonds is 3. The van der Waals surface area contributed by atoms with Crippen molar-refractivity contribution < 1.29 is 5.11 Å². The van der Waals surface area contributed by atoms with Gasteiger partial charge in [0.1, 0.15) is 0 Å². The van der Waals surface area contributed by atoms with E-state index in [1.807, 2.05) is 13.0 Å². The highest BCUT2D eigenvalue weighted by atomic mass is 16.3. The van der Waals surface area contributed by atoms with E-state index in [2.05, 4.69) is 19.8 Å². The van der Waals surface area contributed by atoms with Crippen LogP contribution in [0.3, 0.4) is 0 Å². The maximum atomic E-state index is 9.31. The van der Waals surface area contributed by atoms with Crippen LogP contribution in [0.25, 0.3) is 0 Å². The Morgan fingerprint density at radius 2 is 1.88 bits per heavy atom. The largest absolute Gasteiger partial charge is 0.392 e. The van der Waals surface area contributed by atoms with E-state index in [1.54, 1.807) is 12.4 Å². The minimum Gasteiger partial charge on any atom is -0.392 e. The molecule has 2 rings (SSSR count). The molecule has 5 nitrogen and oxygen atoms in total. The molecule has 1 aromatic rings. The molecule has 1 N–H and O–H groups in total. The zero-order valence-corrected chi connectivity index (χ0v) is 9.58. The second kappa shape index (κ2) is 5.23. The quantitative estimate of drug-likeness (QED) is 0.779. The molecule has 88 valence electrons. The Hall–Kier alpha value is -1.20. The van der Waals surface area contributed by atoms with Gasteiger partial charge in [-0.3, -0.25) is 4.90 Å². The van der Waals surface area contributed by atoms with Gasteiger partial charge in [0, 0.05) is 45.1 Å². The van der Waals surface area contributed by atoms with Crippen molar-refractivity contribution in [2.24, 2.45) is 0 Å². The predicted molar refractivity (Wildman–Crippen MR) is 62.4 cm³/mol. The molecule has 16 heavy (non-hydrogen) atoms. The molecule has 0 saturated carbocycles. The molecule has 5 heteroatoms. The number of aromatic nitrogens is 2. The summed E-state index contributed by atoms with van der Waals surface area (Å²) in [5, 5.41) is 9.31. The van der Waals surface area contributed by atoms with Gasteiger partial charge in [-0.05, 0) is 13.0 Å². The van der Waals surface area contributed by atoms with Gasteiger partial charge in [0.15, 0.2) is 0 Å². The van der Waals surface area contributed by atoms with Gasteiger partial charge in [-0.25, -0.2) is 9.97 Å². The highest BCUT2D eigenvalue weighted by Gasteiger charge is 2.19. The van der Waals surface area contributed by atoms with Gasteiger partial charge >= 0.3 is 0 Å². The molecule has 1 fully saturated rings. The smallest absolute Gasteiger partial charge is 0.225 e. The second-order valence-corrected chi connectivity index (χ2v) is 4.19. The summed E-state index contributed by atoms with van der Waals surface area (Å²) >= 11 is 0. The van der Waals surface area contributed by atoms with Gasteiger partial charge in [-0.1, -0.05) is 0 Å². The van der Waals surface area contributed by atoms with Gasteiger partial charge in [0.2, 0.25) is 5.95 Å². The van der Waals surface area contributed by atoms with Crippen molar-refractivity contribution in [3.63, 3.8) is 0 Å². The molecule has 0 bridgehead atoms. The SMILES string of the molecule is C[C@@H](O)CN1CCN(c2ncccn2)CC1. The van der Waals surface area contributed by atoms with Crippen LogP contribution in [0.1, 0.15) is 6.92 Å². The van der Waals surface area contributed by atoms with Crippen LogP contribution in [-0.4, -0.2) is 58.8 Å². The molecule has 0 amide bonds. The number of hydrogen-bond acceptors (Lipinski definition) is 5. The number of β-amino-alcohol motifs (C(OH)–C–C–N with tert-alkyl or cyclic N) is 1. The zero-order chi connectivity index (χ0) is 11.4. The fourth-order valence-corrected chi connectivity index (χ4v) is 1.96. The van der Waals surface area contributed by atoms with Crippen molar-refractivity contribution in [2.75, 3.05) is 37.6 Å². The zero-order valence-electron chi connectivity index (χ0n) is 9.58. The van der Waals surface area contributed by atoms with Crippen molar-refractivity contribution in [1.82, 2.24) is 14.9 Å². The lowest BCUT2D eigenvalue weighted by Gasteiger charge is -2.35. The van der Waals surface area contributed by atoms with Gasteiger partial charge in [0.05, 0.1) is 6.10 Å². The molecule has 1 saturated heterocycles. The van der Waals surface area contributed by atoms with E-state index in [0.29, 0.717) is 0 Å². The topological polar surface area (TPSA) is 52.5 Å². The molecular formula is C11H18N4O. The Morgan fingerprint density at radius 3 is 2.44 bits per heavy atom. The third-order valence-electron chi connectivity index (χ3n) is 2.73. The van der Waals surface area contributed by atoms with Gasteiger partial charge in [0.25, 0.3) is 0 Å². The van der Waals surface area contributed by atoms with Crippen molar-refractivity contribution in [3.05, 3.63) is 18.5 Å². The maximum absolute atomic E-state index is 9.31. The van der Waals surface area contributed by atoms with Crippen molar-refractivity contribution in [1.29, 1.82) is 0 Å². The first-order valence-corrected chi connectivity index (χ1v) is 5.68. The van der Waals surface area contributed by atoms with E-state index in [4.69, 9.17) is 0 Å². The molecule has 1 aliphatic heterocycles. The fraction of sp³-hybridized carbons (Fsp3) is 0.636. The number of piperazine rings is 1. The first kappa shape index (κ1) is 11.3. The summed E-state index contributed by atoms with van der Waals surface area (Å²) < 4.78 is 0. The molecule has 0 aromatic carbocycles. The van der Waals surface area contributed by atoms with Crippen LogP contribution >= 0.6 is 0 Å². The molecule has 1 aromatic heterocycles. The molecule has 2 heterocycles. The average Bonchev–Trinajstić information content (AvgIpc) is 2.30. The van der Waals surface area contributed by atoms with E-state index in [1.165, 1.54) is 0 Å². The third-order valence-corrected chi connectivity index (χ3v) is 2.73. The van der Waals surface area contributed by atoms with E-state index < -0.39 is 0 Å². The van der Waals surface area contributed by atoms with E-state index >= 15 is 0 Å². The molecule has 1 aliphatic rings. The Balaban J connectivity index is 1.86. The van der Waals surface area contributed by atoms with Crippen LogP contribution in [0, 0.1) is 0 Å². The number of anilines is 1. The van der Waals surface area contributed by atoms with E-state index in [-0.39, 0.29) is 6.10 Å². The maximum Gasteiger partial charge on any atom is 0.225 e. The first-order valence-electron chi connectivity index (χ1n) is 5.68. The summed E-state index contributed by atoms with van der Waals surface area (Å²) in [6.45, 7) is 6.36. The highest BCUT2D eigenvalue weighted by molar-refractivity contribution is 5.29. The standard InChI is InChI=1S/C11H18N4O/c1-10(16)9-14-5-7-15(8-6-14)11-12-3-2-4-13-11/h2-4,10,16H,5-9H2,1H3/t10-/m1/s1. The van der Waals surface area contributed by atoms with Crippen LogP contribution in [0.2, 0.25) is 0 Å². The molecular weight excluding hydrogens is 204 g/mol. The van der Waals surface area contributed by atoms with Crippen LogP contribution in [0.15, 0.2) is 18.5 Å². The average molecular weight is 222 g/mol. The summed E-state index contributed by atoms with van der Waals surface area (Å²) in [6.07, 6.45) is 3.29. The van der Waals surface area contributed by atoms with Gasteiger partial charge < -0.3 is 10.0 Å². The van der Waals surface area contributed by atoms with Crippen molar-refractivity contribution in [3.8, 4) is 0 Å². The van der Waals surface area contributed by atoms with Crippen LogP contribution in [0.5, 0.6) is 0 Å². The number of aliphatic hydroxyl groups excluding tert-OH is 1. The molecule has 0 radical (unpaired) electrons. The van der Waals surface area contributed by atoms with Crippen LogP contribution < -0.4 is 4.90 Å². The van der Waals surface area contributed by atoms with E-state index in [9.17, 15) is 5.11 Å². The Morgan fingerprint density at radius 1 is 1.25 bits per heavy atom. The summed E-state index contributed by atoms with van der Waals surface area (Å²) in [4.78, 5) is 12.9. The second-order valence-electron chi connectivity index (χ2n) is 4.19. The highest BCUT2D eigenvalue weighted by Crippen LogP contribution is 2.09. The summed E-state index contributed by atoms with van der Waals surface area (Å²) in [6, 6.07) is 1.83. The summed E-state index contributed by atoms with van der Waals surface area (Å²) in [7, 11) is 0. The van der Waals surface area contributed by atoms with E-state index in [0.717, 1.165) is 38.7 Å². The summed E-state index contributed by atoms with van der Waals surface area (Å²) in [5.41, 5.74) is 0. The van der Waals surface area contributed by atoms with Gasteiger partial charge in [-0.15, -0.1) is 0 Å². The Kier molecular flexibility index (Phi) is 3.69. The van der Waals surface area contributed by atoms with Crippen molar-refractivity contribution in [2.45, 2.75) is 13.0 Å². The normalized spacial score (nSPS) is 19.8. The Bertz CT molecular complexity index is 309. The molecule has 0 spiro atoms. The first-order chi connectivity index (χ1) is 7.75.